The molecule has 1 fully saturated rings. The summed E-state index contributed by atoms with van der Waals surface area (Å²) >= 11 is 0. The van der Waals surface area contributed by atoms with Crippen molar-refractivity contribution in [3.63, 3.8) is 0 Å². The van der Waals surface area contributed by atoms with Crippen LogP contribution in [-0.4, -0.2) is 56.8 Å². The molecule has 2 N–H and O–H groups in total. The maximum atomic E-state index is 4.87. The second-order valence-corrected chi connectivity index (χ2v) is 7.42. The van der Waals surface area contributed by atoms with Gasteiger partial charge in [-0.15, -0.1) is 0 Å². The van der Waals surface area contributed by atoms with Crippen molar-refractivity contribution in [2.45, 2.75) is 32.1 Å². The van der Waals surface area contributed by atoms with Crippen LogP contribution in [0.15, 0.2) is 41.7 Å². The van der Waals surface area contributed by atoms with E-state index in [9.17, 15) is 0 Å². The van der Waals surface area contributed by atoms with Crippen LogP contribution < -0.4 is 5.32 Å². The van der Waals surface area contributed by atoms with Gasteiger partial charge in [-0.2, -0.15) is 5.10 Å². The summed E-state index contributed by atoms with van der Waals surface area (Å²) in [5.74, 6) is 2.60. The van der Waals surface area contributed by atoms with E-state index in [-0.39, 0.29) is 0 Å². The van der Waals surface area contributed by atoms with Gasteiger partial charge in [0.2, 0.25) is 0 Å². The number of nitrogens with zero attached hydrogens (tertiary/aromatic N) is 5. The topological polar surface area (TPSA) is 74.1 Å². The summed E-state index contributed by atoms with van der Waals surface area (Å²) in [5, 5.41) is 7.77. The Morgan fingerprint density at radius 1 is 1.36 bits per heavy atom. The Morgan fingerprint density at radius 3 is 3.04 bits per heavy atom. The molecule has 0 bridgehead atoms. The fourth-order valence-corrected chi connectivity index (χ4v) is 3.86. The van der Waals surface area contributed by atoms with E-state index in [1.807, 2.05) is 36.1 Å². The lowest BCUT2D eigenvalue weighted by atomic mass is 10.0. The summed E-state index contributed by atoms with van der Waals surface area (Å²) in [4.78, 5) is 15.3. The van der Waals surface area contributed by atoms with Crippen LogP contribution in [-0.2, 0) is 13.5 Å². The van der Waals surface area contributed by atoms with E-state index >= 15 is 0 Å². The van der Waals surface area contributed by atoms with Crippen LogP contribution in [0.25, 0.3) is 11.0 Å². The van der Waals surface area contributed by atoms with Crippen molar-refractivity contribution in [1.29, 1.82) is 0 Å². The molecule has 1 unspecified atom stereocenters. The number of nitrogens with one attached hydrogen (secondary N) is 2. The minimum atomic E-state index is 0.535. The number of rotatable bonds is 6. The quantitative estimate of drug-likeness (QED) is 0.392. The van der Waals surface area contributed by atoms with Gasteiger partial charge in [-0.1, -0.05) is 12.1 Å². The Kier molecular flexibility index (Phi) is 5.60. The molecule has 0 radical (unpaired) electrons. The SMILES string of the molecule is CCNC(=NCCCc1nc2ccccc2[nH]1)N1CCC(c2cnn(C)c2)C1. The zero-order valence-corrected chi connectivity index (χ0v) is 16.7. The van der Waals surface area contributed by atoms with Crippen LogP contribution >= 0.6 is 0 Å². The predicted octanol–water partition coefficient (Wildman–Crippen LogP) is 2.68. The van der Waals surface area contributed by atoms with Crippen molar-refractivity contribution in [1.82, 2.24) is 30.0 Å². The maximum Gasteiger partial charge on any atom is 0.193 e. The number of para-hydroxylation sites is 2. The van der Waals surface area contributed by atoms with Crippen LogP contribution in [0.1, 0.15) is 37.1 Å². The van der Waals surface area contributed by atoms with E-state index in [4.69, 9.17) is 4.99 Å². The summed E-state index contributed by atoms with van der Waals surface area (Å²) in [6.45, 7) is 5.85. The maximum absolute atomic E-state index is 4.87. The fourth-order valence-electron chi connectivity index (χ4n) is 3.86. The van der Waals surface area contributed by atoms with Crippen molar-refractivity contribution in [3.8, 4) is 0 Å². The first kappa shape index (κ1) is 18.5. The molecule has 7 heteroatoms. The molecular weight excluding hydrogens is 350 g/mol. The van der Waals surface area contributed by atoms with E-state index in [2.05, 4.69) is 44.5 Å². The number of imidazole rings is 1. The Morgan fingerprint density at radius 2 is 2.25 bits per heavy atom. The summed E-state index contributed by atoms with van der Waals surface area (Å²) in [5.41, 5.74) is 3.46. The van der Waals surface area contributed by atoms with Gasteiger partial charge in [0, 0.05) is 51.8 Å². The number of hydrogen-bond donors (Lipinski definition) is 2. The minimum Gasteiger partial charge on any atom is -0.357 e. The van der Waals surface area contributed by atoms with Crippen molar-refractivity contribution >= 4 is 17.0 Å². The first-order chi connectivity index (χ1) is 13.7. The first-order valence-corrected chi connectivity index (χ1v) is 10.2. The number of aliphatic imine (C=N–C) groups is 1. The van der Waals surface area contributed by atoms with E-state index in [0.29, 0.717) is 5.92 Å². The molecule has 0 spiro atoms. The summed E-state index contributed by atoms with van der Waals surface area (Å²) < 4.78 is 1.88. The molecule has 1 aliphatic rings. The van der Waals surface area contributed by atoms with Crippen LogP contribution in [0.2, 0.25) is 0 Å². The molecule has 1 atom stereocenters. The van der Waals surface area contributed by atoms with Crippen LogP contribution in [0, 0.1) is 0 Å². The Hall–Kier alpha value is -2.83. The third-order valence-corrected chi connectivity index (χ3v) is 5.29. The van der Waals surface area contributed by atoms with Gasteiger partial charge in [-0.25, -0.2) is 4.98 Å². The summed E-state index contributed by atoms with van der Waals surface area (Å²) in [6, 6.07) is 8.17. The zero-order chi connectivity index (χ0) is 19.3. The molecule has 0 aliphatic carbocycles. The van der Waals surface area contributed by atoms with Gasteiger partial charge >= 0.3 is 0 Å². The van der Waals surface area contributed by atoms with Gasteiger partial charge in [-0.05, 0) is 37.5 Å². The van der Waals surface area contributed by atoms with Gasteiger partial charge in [0.15, 0.2) is 5.96 Å². The average molecular weight is 380 g/mol. The van der Waals surface area contributed by atoms with Crippen molar-refractivity contribution in [2.75, 3.05) is 26.2 Å². The molecular formula is C21H29N7. The first-order valence-electron chi connectivity index (χ1n) is 10.2. The largest absolute Gasteiger partial charge is 0.357 e. The second-order valence-electron chi connectivity index (χ2n) is 7.42. The van der Waals surface area contributed by atoms with Gasteiger partial charge in [0.25, 0.3) is 0 Å². The standard InChI is InChI=1S/C21H29N7/c1-3-22-21(28-12-10-16(15-28)17-13-24-27(2)14-17)23-11-6-9-20-25-18-7-4-5-8-19(18)26-20/h4-5,7-8,13-14,16H,3,6,9-12,15H2,1-2H3,(H,22,23)(H,25,26). The van der Waals surface area contributed by atoms with Crippen molar-refractivity contribution in [3.05, 3.63) is 48.0 Å². The number of aryl methyl sites for hydroxylation is 2. The monoisotopic (exact) mass is 379 g/mol. The number of H-pyrrole nitrogens is 1. The van der Waals surface area contributed by atoms with E-state index < -0.39 is 0 Å². The number of aromatic amines is 1. The van der Waals surface area contributed by atoms with Gasteiger partial charge < -0.3 is 15.2 Å². The fraction of sp³-hybridized carbons (Fsp3) is 0.476. The molecule has 2 aromatic heterocycles. The average Bonchev–Trinajstić information content (AvgIpc) is 3.42. The van der Waals surface area contributed by atoms with Gasteiger partial charge in [0.1, 0.15) is 5.82 Å². The Bertz CT molecular complexity index is 906. The second kappa shape index (κ2) is 8.46. The molecule has 0 saturated carbocycles. The third kappa shape index (κ3) is 4.18. The normalized spacial score (nSPS) is 17.6. The molecule has 4 rings (SSSR count). The van der Waals surface area contributed by atoms with E-state index in [1.165, 1.54) is 5.56 Å². The van der Waals surface area contributed by atoms with Crippen molar-refractivity contribution < 1.29 is 0 Å². The van der Waals surface area contributed by atoms with Crippen LogP contribution in [0.4, 0.5) is 0 Å². The minimum absolute atomic E-state index is 0.535. The predicted molar refractivity (Wildman–Crippen MR) is 113 cm³/mol. The van der Waals surface area contributed by atoms with Crippen molar-refractivity contribution in [2.24, 2.45) is 12.0 Å². The number of benzene rings is 1. The van der Waals surface area contributed by atoms with E-state index in [0.717, 1.165) is 68.3 Å². The number of likely N-dealkylation sites (tertiary alicyclic amines) is 1. The molecule has 1 aliphatic heterocycles. The van der Waals surface area contributed by atoms with Crippen LogP contribution in [0.5, 0.6) is 0 Å². The smallest absolute Gasteiger partial charge is 0.193 e. The molecule has 1 saturated heterocycles. The third-order valence-electron chi connectivity index (χ3n) is 5.29. The lowest BCUT2D eigenvalue weighted by Gasteiger charge is -2.21. The van der Waals surface area contributed by atoms with Crippen LogP contribution in [0.3, 0.4) is 0 Å². The molecule has 3 aromatic rings. The van der Waals surface area contributed by atoms with Gasteiger partial charge in [0.05, 0.1) is 17.2 Å². The highest BCUT2D eigenvalue weighted by atomic mass is 15.3. The highest BCUT2D eigenvalue weighted by molar-refractivity contribution is 5.80. The molecule has 1 aromatic carbocycles. The molecule has 148 valence electrons. The Labute approximate surface area is 165 Å². The number of guanidine groups is 1. The summed E-state index contributed by atoms with van der Waals surface area (Å²) in [6.07, 6.45) is 7.16. The highest BCUT2D eigenvalue weighted by Crippen LogP contribution is 2.26. The molecule has 28 heavy (non-hydrogen) atoms. The number of fused-ring (bicyclic) bond motifs is 1. The number of hydrogen-bond acceptors (Lipinski definition) is 3. The highest BCUT2D eigenvalue weighted by Gasteiger charge is 2.26. The zero-order valence-electron chi connectivity index (χ0n) is 16.7. The lowest BCUT2D eigenvalue weighted by molar-refractivity contribution is 0.485. The van der Waals surface area contributed by atoms with E-state index in [1.54, 1.807) is 0 Å². The number of aromatic nitrogens is 4. The van der Waals surface area contributed by atoms with Gasteiger partial charge in [-0.3, -0.25) is 9.67 Å². The molecule has 0 amide bonds. The molecule has 7 nitrogen and oxygen atoms in total. The summed E-state index contributed by atoms with van der Waals surface area (Å²) in [7, 11) is 1.98. The lowest BCUT2D eigenvalue weighted by Crippen LogP contribution is -2.40. The molecule has 3 heterocycles. The Balaban J connectivity index is 1.33.